The molecule has 0 saturated heterocycles. The molecule has 1 aliphatic carbocycles. The lowest BCUT2D eigenvalue weighted by Gasteiger charge is -2.13. The van der Waals surface area contributed by atoms with Crippen molar-refractivity contribution in [3.8, 4) is 5.75 Å². The van der Waals surface area contributed by atoms with E-state index in [1.807, 2.05) is 6.92 Å². The summed E-state index contributed by atoms with van der Waals surface area (Å²) >= 11 is 3.30. The zero-order valence-corrected chi connectivity index (χ0v) is 19.2. The van der Waals surface area contributed by atoms with Gasteiger partial charge in [0.15, 0.2) is 5.76 Å². The Morgan fingerprint density at radius 1 is 1.19 bits per heavy atom. The predicted octanol–water partition coefficient (Wildman–Crippen LogP) is 4.48. The van der Waals surface area contributed by atoms with Gasteiger partial charge in [0.2, 0.25) is 0 Å². The highest BCUT2D eigenvalue weighted by atomic mass is 79.9. The third kappa shape index (κ3) is 4.57. The Labute approximate surface area is 193 Å². The van der Waals surface area contributed by atoms with Crippen LogP contribution in [0.15, 0.2) is 56.7 Å². The first-order valence-corrected chi connectivity index (χ1v) is 10.8. The summed E-state index contributed by atoms with van der Waals surface area (Å²) in [5.41, 5.74) is 5.74. The van der Waals surface area contributed by atoms with Crippen LogP contribution < -0.4 is 15.5 Å². The van der Waals surface area contributed by atoms with E-state index < -0.39 is 0 Å². The van der Waals surface area contributed by atoms with Gasteiger partial charge in [-0.25, -0.2) is 5.43 Å². The normalized spacial score (nSPS) is 14.0. The van der Waals surface area contributed by atoms with Crippen LogP contribution in [0.25, 0.3) is 0 Å². The fourth-order valence-electron chi connectivity index (χ4n) is 3.60. The van der Waals surface area contributed by atoms with Crippen molar-refractivity contribution in [3.05, 3.63) is 75.4 Å². The largest absolute Gasteiger partial charge is 0.497 e. The Balaban J connectivity index is 1.56. The van der Waals surface area contributed by atoms with Crippen LogP contribution in [-0.2, 0) is 6.42 Å². The van der Waals surface area contributed by atoms with Gasteiger partial charge in [-0.1, -0.05) is 6.07 Å². The zero-order valence-electron chi connectivity index (χ0n) is 17.6. The van der Waals surface area contributed by atoms with Gasteiger partial charge in [0.25, 0.3) is 11.8 Å². The number of rotatable bonds is 5. The number of hydrogen-bond acceptors (Lipinski definition) is 6. The third-order valence-electron chi connectivity index (χ3n) is 5.12. The summed E-state index contributed by atoms with van der Waals surface area (Å²) in [6.07, 6.45) is 5.25. The first-order valence-electron chi connectivity index (χ1n) is 10.0. The van der Waals surface area contributed by atoms with E-state index in [4.69, 9.17) is 9.15 Å². The molecule has 0 unspecified atom stereocenters. The summed E-state index contributed by atoms with van der Waals surface area (Å²) in [5, 5.41) is 7.18. The number of fused-ring (bicyclic) bond motifs is 1. The molecule has 3 aromatic rings. The number of methoxy groups -OCH3 is 1. The summed E-state index contributed by atoms with van der Waals surface area (Å²) in [6.45, 7) is 1.82. The molecular formula is C23H21BrN4O4. The SMILES string of the molecule is COc1cccc(NC(=O)c2oc3c(c2C)/C(=N/NC(=O)c2cncc(Br)c2)CCC3)c1. The number of pyridine rings is 1. The Morgan fingerprint density at radius 2 is 2.03 bits per heavy atom. The highest BCUT2D eigenvalue weighted by Gasteiger charge is 2.28. The minimum Gasteiger partial charge on any atom is -0.497 e. The lowest BCUT2D eigenvalue weighted by Crippen LogP contribution is -2.22. The van der Waals surface area contributed by atoms with Gasteiger partial charge in [0, 0.05) is 46.2 Å². The molecule has 0 fully saturated rings. The third-order valence-corrected chi connectivity index (χ3v) is 5.55. The zero-order chi connectivity index (χ0) is 22.7. The van der Waals surface area contributed by atoms with Gasteiger partial charge in [-0.05, 0) is 53.9 Å². The summed E-state index contributed by atoms with van der Waals surface area (Å²) < 4.78 is 11.8. The van der Waals surface area contributed by atoms with Crippen molar-refractivity contribution in [2.45, 2.75) is 26.2 Å². The molecule has 1 aliphatic rings. The highest BCUT2D eigenvalue weighted by molar-refractivity contribution is 9.10. The van der Waals surface area contributed by atoms with Gasteiger partial charge in [0.1, 0.15) is 11.5 Å². The minimum atomic E-state index is -0.365. The maximum atomic E-state index is 12.9. The number of ether oxygens (including phenoxy) is 1. The number of furan rings is 1. The number of aryl methyl sites for hydroxylation is 1. The average Bonchev–Trinajstić information content (AvgIpc) is 3.15. The van der Waals surface area contributed by atoms with Crippen LogP contribution in [0.4, 0.5) is 5.69 Å². The topological polar surface area (TPSA) is 106 Å². The quantitative estimate of drug-likeness (QED) is 0.506. The van der Waals surface area contributed by atoms with Crippen LogP contribution in [0.2, 0.25) is 0 Å². The van der Waals surface area contributed by atoms with E-state index in [0.717, 1.165) is 12.0 Å². The molecule has 0 saturated carbocycles. The lowest BCUT2D eigenvalue weighted by molar-refractivity contribution is 0.0953. The number of nitrogens with one attached hydrogen (secondary N) is 2. The van der Waals surface area contributed by atoms with Crippen LogP contribution in [0.5, 0.6) is 5.75 Å². The molecule has 9 heteroatoms. The Hall–Kier alpha value is -3.46. The van der Waals surface area contributed by atoms with Gasteiger partial charge in [-0.15, -0.1) is 0 Å². The van der Waals surface area contributed by atoms with E-state index in [-0.39, 0.29) is 17.6 Å². The number of hydrazone groups is 1. The van der Waals surface area contributed by atoms with Crippen LogP contribution >= 0.6 is 15.9 Å². The molecule has 8 nitrogen and oxygen atoms in total. The van der Waals surface area contributed by atoms with E-state index >= 15 is 0 Å². The smallest absolute Gasteiger partial charge is 0.291 e. The summed E-state index contributed by atoms with van der Waals surface area (Å²) in [5.74, 6) is 0.852. The number of halogens is 1. The number of anilines is 1. The Kier molecular flexibility index (Phi) is 6.36. The standard InChI is InChI=1S/C23H21BrN4O4/c1-13-20-18(27-28-22(29)14-9-15(24)12-25-11-14)7-4-8-19(20)32-21(13)23(30)26-16-5-3-6-17(10-16)31-2/h3,5-6,9-12H,4,7-8H2,1-2H3,(H,26,30)(H,28,29)/b27-18+. The second-order valence-electron chi connectivity index (χ2n) is 7.29. The molecule has 0 spiro atoms. The number of amides is 2. The Morgan fingerprint density at radius 3 is 2.81 bits per heavy atom. The monoisotopic (exact) mass is 496 g/mol. The van der Waals surface area contributed by atoms with Crippen molar-refractivity contribution in [1.29, 1.82) is 0 Å². The van der Waals surface area contributed by atoms with Gasteiger partial charge < -0.3 is 14.5 Å². The van der Waals surface area contributed by atoms with Crippen molar-refractivity contribution < 1.29 is 18.7 Å². The Bertz CT molecular complexity index is 1220. The first-order chi connectivity index (χ1) is 15.5. The number of aromatic nitrogens is 1. The van der Waals surface area contributed by atoms with Crippen molar-refractivity contribution in [3.63, 3.8) is 0 Å². The molecule has 164 valence electrons. The number of benzene rings is 1. The van der Waals surface area contributed by atoms with Gasteiger partial charge in [-0.3, -0.25) is 14.6 Å². The van der Waals surface area contributed by atoms with Crippen molar-refractivity contribution in [2.75, 3.05) is 12.4 Å². The van der Waals surface area contributed by atoms with Gasteiger partial charge >= 0.3 is 0 Å². The number of carbonyl (C=O) groups is 2. The fourth-order valence-corrected chi connectivity index (χ4v) is 3.97. The maximum absolute atomic E-state index is 12.9. The second kappa shape index (κ2) is 9.35. The predicted molar refractivity (Wildman–Crippen MR) is 123 cm³/mol. The molecule has 0 radical (unpaired) electrons. The lowest BCUT2D eigenvalue weighted by atomic mass is 9.93. The highest BCUT2D eigenvalue weighted by Crippen LogP contribution is 2.30. The second-order valence-corrected chi connectivity index (χ2v) is 8.20. The van der Waals surface area contributed by atoms with E-state index in [0.29, 0.717) is 51.4 Å². The molecule has 2 amide bonds. The number of carbonyl (C=O) groups excluding carboxylic acids is 2. The van der Waals surface area contributed by atoms with Gasteiger partial charge in [0.05, 0.1) is 18.4 Å². The molecule has 2 N–H and O–H groups in total. The minimum absolute atomic E-state index is 0.231. The molecule has 2 aromatic heterocycles. The van der Waals surface area contributed by atoms with Crippen LogP contribution in [0.1, 0.15) is 50.6 Å². The van der Waals surface area contributed by atoms with Crippen LogP contribution in [0, 0.1) is 6.92 Å². The molecule has 0 aliphatic heterocycles. The molecule has 2 heterocycles. The number of nitrogens with zero attached hydrogens (tertiary/aromatic N) is 2. The van der Waals surface area contributed by atoms with Crippen molar-refractivity contribution in [2.24, 2.45) is 5.10 Å². The molecule has 1 aromatic carbocycles. The van der Waals surface area contributed by atoms with E-state index in [9.17, 15) is 9.59 Å². The molecule has 32 heavy (non-hydrogen) atoms. The van der Waals surface area contributed by atoms with Crippen molar-refractivity contribution in [1.82, 2.24) is 10.4 Å². The summed E-state index contributed by atoms with van der Waals surface area (Å²) in [6, 6.07) is 8.77. The molecule has 4 rings (SSSR count). The number of hydrogen-bond donors (Lipinski definition) is 2. The van der Waals surface area contributed by atoms with Crippen molar-refractivity contribution >= 4 is 39.1 Å². The molecule has 0 atom stereocenters. The molecular weight excluding hydrogens is 476 g/mol. The summed E-state index contributed by atoms with van der Waals surface area (Å²) in [7, 11) is 1.57. The van der Waals surface area contributed by atoms with Crippen LogP contribution in [-0.4, -0.2) is 29.6 Å². The fraction of sp³-hybridized carbons (Fsp3) is 0.217. The summed E-state index contributed by atoms with van der Waals surface area (Å²) in [4.78, 5) is 29.3. The van der Waals surface area contributed by atoms with Crippen LogP contribution in [0.3, 0.4) is 0 Å². The first kappa shape index (κ1) is 21.8. The average molecular weight is 497 g/mol. The van der Waals surface area contributed by atoms with E-state index in [1.165, 1.54) is 6.20 Å². The van der Waals surface area contributed by atoms with Gasteiger partial charge in [-0.2, -0.15) is 5.10 Å². The van der Waals surface area contributed by atoms with E-state index in [2.05, 4.69) is 36.8 Å². The van der Waals surface area contributed by atoms with E-state index in [1.54, 1.807) is 43.6 Å². The maximum Gasteiger partial charge on any atom is 0.291 e. The molecule has 0 bridgehead atoms.